The summed E-state index contributed by atoms with van der Waals surface area (Å²) in [4.78, 5) is 51.8. The van der Waals surface area contributed by atoms with Gasteiger partial charge in [0.2, 0.25) is 0 Å². The summed E-state index contributed by atoms with van der Waals surface area (Å²) >= 11 is 0. The molecule has 3 rings (SSSR count). The van der Waals surface area contributed by atoms with Crippen molar-refractivity contribution in [2.45, 2.75) is 32.1 Å². The molecule has 4 atom stereocenters. The van der Waals surface area contributed by atoms with Crippen molar-refractivity contribution < 1.29 is 37.1 Å². The Labute approximate surface area is 174 Å². The first-order valence-corrected chi connectivity index (χ1v) is 11.5. The minimum absolute atomic E-state index is 0.0104. The van der Waals surface area contributed by atoms with Crippen molar-refractivity contribution in [2.24, 2.45) is 23.2 Å². The van der Waals surface area contributed by atoms with Gasteiger partial charge in [0.1, 0.15) is 22.0 Å². The topological polar surface area (TPSA) is 121 Å². The number of carbonyl (C=O) groups excluding carboxylic acids is 4. The van der Waals surface area contributed by atoms with E-state index in [0.29, 0.717) is 6.42 Å². The fraction of sp³-hybridized carbons (Fsp3) is 0.524. The highest BCUT2D eigenvalue weighted by Gasteiger charge is 2.69. The van der Waals surface area contributed by atoms with Gasteiger partial charge in [-0.25, -0.2) is 8.42 Å². The highest BCUT2D eigenvalue weighted by molar-refractivity contribution is 7.90. The predicted octanol–water partition coefficient (Wildman–Crippen LogP) is 1.56. The summed E-state index contributed by atoms with van der Waals surface area (Å²) in [5.74, 6) is -5.39. The van der Waals surface area contributed by atoms with E-state index in [2.05, 4.69) is 0 Å². The third-order valence-electron chi connectivity index (χ3n) is 6.16. The highest BCUT2D eigenvalue weighted by Crippen LogP contribution is 2.58. The van der Waals surface area contributed by atoms with E-state index in [4.69, 9.17) is 9.47 Å². The number of sulfone groups is 1. The summed E-state index contributed by atoms with van der Waals surface area (Å²) in [6.45, 7) is 4.62. The smallest absolute Gasteiger partial charge is 0.319 e. The fourth-order valence-electron chi connectivity index (χ4n) is 4.39. The maximum Gasteiger partial charge on any atom is 0.319 e. The molecule has 2 aliphatic rings. The molecule has 4 unspecified atom stereocenters. The number of hydrogen-bond donors (Lipinski definition) is 0. The molecule has 0 amide bonds. The molecule has 0 bridgehead atoms. The number of carbonyl (C=O) groups is 4. The van der Waals surface area contributed by atoms with Crippen LogP contribution in [0.4, 0.5) is 0 Å². The Kier molecular flexibility index (Phi) is 5.39. The Morgan fingerprint density at radius 3 is 2.40 bits per heavy atom. The first kappa shape index (κ1) is 22.1. The van der Waals surface area contributed by atoms with E-state index < -0.39 is 56.3 Å². The van der Waals surface area contributed by atoms with Crippen LogP contribution in [0.25, 0.3) is 0 Å². The van der Waals surface area contributed by atoms with Crippen LogP contribution in [0.1, 0.15) is 36.2 Å². The lowest BCUT2D eigenvalue weighted by Gasteiger charge is -2.33. The van der Waals surface area contributed by atoms with E-state index in [-0.39, 0.29) is 28.4 Å². The Morgan fingerprint density at radius 2 is 1.87 bits per heavy atom. The minimum Gasteiger partial charge on any atom is -0.495 e. The largest absolute Gasteiger partial charge is 0.495 e. The molecule has 8 nitrogen and oxygen atoms in total. The normalized spacial score (nSPS) is 28.0. The van der Waals surface area contributed by atoms with Crippen LogP contribution in [0.15, 0.2) is 17.0 Å². The lowest BCUT2D eigenvalue weighted by atomic mass is 9.66. The standard InChI is InChI=1S/C21H24O8S/c1-6-29-20(25)21(3)13-9-12(13)17(23)15(19(21)24)16(22)11-7-8-14(30(5,26)27)18(28-4)10(11)2/h7-8,12-13,15H,6,9H2,1-5H3. The van der Waals surface area contributed by atoms with Crippen LogP contribution >= 0.6 is 0 Å². The zero-order valence-corrected chi connectivity index (χ0v) is 18.3. The summed E-state index contributed by atoms with van der Waals surface area (Å²) < 4.78 is 34.3. The average molecular weight is 436 g/mol. The van der Waals surface area contributed by atoms with Gasteiger partial charge >= 0.3 is 5.97 Å². The number of ketones is 3. The predicted molar refractivity (Wildman–Crippen MR) is 105 cm³/mol. The summed E-state index contributed by atoms with van der Waals surface area (Å²) in [5.41, 5.74) is -1.34. The van der Waals surface area contributed by atoms with E-state index in [9.17, 15) is 27.6 Å². The van der Waals surface area contributed by atoms with Crippen molar-refractivity contribution in [2.75, 3.05) is 20.0 Å². The molecule has 2 fully saturated rings. The molecule has 0 N–H and O–H groups in total. The molecule has 0 radical (unpaired) electrons. The molecule has 1 aromatic rings. The van der Waals surface area contributed by atoms with Gasteiger partial charge in [-0.2, -0.15) is 0 Å². The van der Waals surface area contributed by atoms with Crippen LogP contribution in [0.5, 0.6) is 5.75 Å². The molecule has 30 heavy (non-hydrogen) atoms. The van der Waals surface area contributed by atoms with E-state index in [1.54, 1.807) is 6.92 Å². The molecule has 0 saturated heterocycles. The van der Waals surface area contributed by atoms with Crippen LogP contribution in [0.3, 0.4) is 0 Å². The van der Waals surface area contributed by atoms with Crippen molar-refractivity contribution in [1.29, 1.82) is 0 Å². The monoisotopic (exact) mass is 436 g/mol. The number of hydrogen-bond acceptors (Lipinski definition) is 8. The van der Waals surface area contributed by atoms with E-state index >= 15 is 0 Å². The summed E-state index contributed by atoms with van der Waals surface area (Å²) in [6, 6.07) is 2.49. The van der Waals surface area contributed by atoms with Crippen molar-refractivity contribution >= 4 is 33.2 Å². The summed E-state index contributed by atoms with van der Waals surface area (Å²) in [7, 11) is -2.35. The lowest BCUT2D eigenvalue weighted by molar-refractivity contribution is -0.164. The first-order valence-electron chi connectivity index (χ1n) is 9.58. The SMILES string of the molecule is CCOC(=O)C1(C)C(=O)C(C(=O)c2ccc(S(C)(=O)=O)c(OC)c2C)C(=O)C2CC21. The zero-order chi connectivity index (χ0) is 22.6. The van der Waals surface area contributed by atoms with Crippen molar-refractivity contribution in [1.82, 2.24) is 0 Å². The molecule has 0 aromatic heterocycles. The third kappa shape index (κ3) is 3.15. The Bertz CT molecular complexity index is 1070. The molecule has 2 saturated carbocycles. The Hall–Kier alpha value is -2.55. The van der Waals surface area contributed by atoms with E-state index in [0.717, 1.165) is 6.26 Å². The molecule has 0 heterocycles. The number of fused-ring (bicyclic) bond motifs is 1. The summed E-state index contributed by atoms with van der Waals surface area (Å²) in [6.07, 6.45) is 1.37. The van der Waals surface area contributed by atoms with Crippen LogP contribution in [-0.2, 0) is 29.0 Å². The molecule has 0 aliphatic heterocycles. The fourth-order valence-corrected chi connectivity index (χ4v) is 5.28. The lowest BCUT2D eigenvalue weighted by Crippen LogP contribution is -2.52. The number of ether oxygens (including phenoxy) is 2. The highest BCUT2D eigenvalue weighted by atomic mass is 32.2. The van der Waals surface area contributed by atoms with Crippen molar-refractivity contribution in [3.63, 3.8) is 0 Å². The van der Waals surface area contributed by atoms with Gasteiger partial charge in [-0.15, -0.1) is 0 Å². The number of Topliss-reactive ketones (excluding diaryl/α,β-unsaturated/α-hetero) is 3. The molecule has 2 aliphatic carbocycles. The second-order valence-electron chi connectivity index (χ2n) is 7.98. The molecule has 1 aromatic carbocycles. The Morgan fingerprint density at radius 1 is 1.23 bits per heavy atom. The van der Waals surface area contributed by atoms with Crippen LogP contribution < -0.4 is 4.74 Å². The third-order valence-corrected chi connectivity index (χ3v) is 7.28. The van der Waals surface area contributed by atoms with Crippen molar-refractivity contribution in [3.05, 3.63) is 23.3 Å². The maximum absolute atomic E-state index is 13.3. The van der Waals surface area contributed by atoms with Gasteiger partial charge in [0.25, 0.3) is 0 Å². The van der Waals surface area contributed by atoms with E-state index in [1.807, 2.05) is 0 Å². The van der Waals surface area contributed by atoms with E-state index in [1.165, 1.54) is 33.1 Å². The van der Waals surface area contributed by atoms with Crippen LogP contribution in [-0.4, -0.2) is 51.7 Å². The first-order chi connectivity index (χ1) is 13.9. The van der Waals surface area contributed by atoms with Gasteiger partial charge in [-0.3, -0.25) is 19.2 Å². The second-order valence-corrected chi connectivity index (χ2v) is 9.96. The Balaban J connectivity index is 2.07. The summed E-state index contributed by atoms with van der Waals surface area (Å²) in [5, 5.41) is 0. The second kappa shape index (κ2) is 7.30. The molecular formula is C21H24O8S. The van der Waals surface area contributed by atoms with Gasteiger partial charge in [0.05, 0.1) is 13.7 Å². The molecule has 0 spiro atoms. The number of benzene rings is 1. The minimum atomic E-state index is -3.63. The van der Waals surface area contributed by atoms with Crippen molar-refractivity contribution in [3.8, 4) is 5.75 Å². The molecule has 162 valence electrons. The zero-order valence-electron chi connectivity index (χ0n) is 17.5. The van der Waals surface area contributed by atoms with Gasteiger partial charge in [-0.1, -0.05) is 0 Å². The number of rotatable bonds is 6. The average Bonchev–Trinajstić information content (AvgIpc) is 3.47. The molecular weight excluding hydrogens is 412 g/mol. The van der Waals surface area contributed by atoms with Gasteiger partial charge in [0.15, 0.2) is 27.2 Å². The van der Waals surface area contributed by atoms with Crippen LogP contribution in [0, 0.1) is 30.1 Å². The quantitative estimate of drug-likeness (QED) is 0.374. The van der Waals surface area contributed by atoms with Gasteiger partial charge < -0.3 is 9.47 Å². The van der Waals surface area contributed by atoms with Crippen LogP contribution in [0.2, 0.25) is 0 Å². The number of methoxy groups -OCH3 is 1. The van der Waals surface area contributed by atoms with Gasteiger partial charge in [0, 0.05) is 23.3 Å². The molecule has 9 heteroatoms. The number of esters is 1. The van der Waals surface area contributed by atoms with Gasteiger partial charge in [-0.05, 0) is 45.2 Å². The maximum atomic E-state index is 13.3.